The Morgan fingerprint density at radius 2 is 2.12 bits per heavy atom. The van der Waals surface area contributed by atoms with E-state index in [0.29, 0.717) is 28.8 Å². The standard InChI is InChI=1S/C11H13Cl2NO3/c12-8-1-2-9(10(13)7-8)11(16)14-3-5-17-6-4-15/h1-2,7,15H,3-6H2,(H,14,16). The van der Waals surface area contributed by atoms with Crippen molar-refractivity contribution >= 4 is 29.1 Å². The lowest BCUT2D eigenvalue weighted by molar-refractivity contribution is 0.0838. The maximum Gasteiger partial charge on any atom is 0.252 e. The van der Waals surface area contributed by atoms with Crippen molar-refractivity contribution in [3.63, 3.8) is 0 Å². The van der Waals surface area contributed by atoms with Crippen LogP contribution < -0.4 is 5.32 Å². The third-order valence-corrected chi connectivity index (χ3v) is 2.49. The lowest BCUT2D eigenvalue weighted by atomic mass is 10.2. The number of hydrogen-bond acceptors (Lipinski definition) is 3. The molecular formula is C11H13Cl2NO3. The van der Waals surface area contributed by atoms with Gasteiger partial charge in [0.05, 0.1) is 30.4 Å². The Balaban J connectivity index is 2.42. The number of aliphatic hydroxyl groups excluding tert-OH is 1. The van der Waals surface area contributed by atoms with Gasteiger partial charge < -0.3 is 15.2 Å². The summed E-state index contributed by atoms with van der Waals surface area (Å²) in [6, 6.07) is 4.68. The lowest BCUT2D eigenvalue weighted by Crippen LogP contribution is -2.27. The van der Waals surface area contributed by atoms with Gasteiger partial charge in [-0.3, -0.25) is 4.79 Å². The second kappa shape index (κ2) is 7.50. The molecule has 0 radical (unpaired) electrons. The maximum absolute atomic E-state index is 11.7. The molecule has 94 valence electrons. The van der Waals surface area contributed by atoms with Gasteiger partial charge in [0.25, 0.3) is 5.91 Å². The molecule has 0 fully saturated rings. The molecule has 1 aromatic rings. The van der Waals surface area contributed by atoms with E-state index in [2.05, 4.69) is 5.32 Å². The first-order valence-corrected chi connectivity index (χ1v) is 5.82. The highest BCUT2D eigenvalue weighted by Gasteiger charge is 2.09. The molecule has 0 saturated carbocycles. The van der Waals surface area contributed by atoms with Crippen LogP contribution in [0.3, 0.4) is 0 Å². The zero-order valence-corrected chi connectivity index (χ0v) is 10.6. The molecule has 17 heavy (non-hydrogen) atoms. The van der Waals surface area contributed by atoms with Crippen LogP contribution in [0, 0.1) is 0 Å². The van der Waals surface area contributed by atoms with E-state index in [9.17, 15) is 4.79 Å². The summed E-state index contributed by atoms with van der Waals surface area (Å²) in [7, 11) is 0. The first kappa shape index (κ1) is 14.3. The molecule has 0 atom stereocenters. The molecular weight excluding hydrogens is 265 g/mol. The minimum atomic E-state index is -0.278. The smallest absolute Gasteiger partial charge is 0.252 e. The molecule has 2 N–H and O–H groups in total. The van der Waals surface area contributed by atoms with Crippen molar-refractivity contribution in [3.05, 3.63) is 33.8 Å². The Morgan fingerprint density at radius 3 is 2.76 bits per heavy atom. The highest BCUT2D eigenvalue weighted by Crippen LogP contribution is 2.20. The van der Waals surface area contributed by atoms with E-state index in [0.717, 1.165) is 0 Å². The Kier molecular flexibility index (Phi) is 6.29. The summed E-state index contributed by atoms with van der Waals surface area (Å²) in [6.07, 6.45) is 0. The van der Waals surface area contributed by atoms with Gasteiger partial charge >= 0.3 is 0 Å². The van der Waals surface area contributed by atoms with E-state index in [1.807, 2.05) is 0 Å². The summed E-state index contributed by atoms with van der Waals surface area (Å²) < 4.78 is 5.00. The summed E-state index contributed by atoms with van der Waals surface area (Å²) >= 11 is 11.6. The van der Waals surface area contributed by atoms with E-state index in [4.69, 9.17) is 33.0 Å². The van der Waals surface area contributed by atoms with E-state index < -0.39 is 0 Å². The molecule has 1 rings (SSSR count). The van der Waals surface area contributed by atoms with E-state index in [-0.39, 0.29) is 19.1 Å². The normalized spacial score (nSPS) is 10.3. The zero-order valence-electron chi connectivity index (χ0n) is 9.08. The van der Waals surface area contributed by atoms with E-state index in [1.165, 1.54) is 6.07 Å². The van der Waals surface area contributed by atoms with Crippen LogP contribution in [0.5, 0.6) is 0 Å². The van der Waals surface area contributed by atoms with Gasteiger partial charge in [-0.1, -0.05) is 23.2 Å². The largest absolute Gasteiger partial charge is 0.394 e. The van der Waals surface area contributed by atoms with Crippen LogP contribution in [-0.4, -0.2) is 37.4 Å². The average Bonchev–Trinajstić information content (AvgIpc) is 2.28. The lowest BCUT2D eigenvalue weighted by Gasteiger charge is -2.07. The van der Waals surface area contributed by atoms with Crippen LogP contribution in [0.1, 0.15) is 10.4 Å². The number of amides is 1. The molecule has 0 bridgehead atoms. The van der Waals surface area contributed by atoms with Crippen molar-refractivity contribution in [1.29, 1.82) is 0 Å². The molecule has 1 amide bonds. The SMILES string of the molecule is O=C(NCCOCCO)c1ccc(Cl)cc1Cl. The molecule has 0 spiro atoms. The van der Waals surface area contributed by atoms with Gasteiger partial charge in [-0.25, -0.2) is 0 Å². The minimum absolute atomic E-state index is 0.0308. The summed E-state index contributed by atoms with van der Waals surface area (Å²) in [6.45, 7) is 0.934. The Bertz CT molecular complexity index is 385. The van der Waals surface area contributed by atoms with Crippen LogP contribution in [0.15, 0.2) is 18.2 Å². The number of carbonyl (C=O) groups is 1. The molecule has 0 saturated heterocycles. The second-order valence-electron chi connectivity index (χ2n) is 3.22. The molecule has 0 aromatic heterocycles. The van der Waals surface area contributed by atoms with Crippen molar-refractivity contribution in [2.75, 3.05) is 26.4 Å². The Labute approximate surface area is 109 Å². The summed E-state index contributed by atoms with van der Waals surface area (Å²) in [5.74, 6) is -0.278. The Hall–Kier alpha value is -0.810. The first-order chi connectivity index (χ1) is 8.15. The minimum Gasteiger partial charge on any atom is -0.394 e. The number of nitrogens with one attached hydrogen (secondary N) is 1. The predicted molar refractivity (Wildman–Crippen MR) is 66.7 cm³/mol. The number of carbonyl (C=O) groups excluding carboxylic acids is 1. The fourth-order valence-corrected chi connectivity index (χ4v) is 1.67. The Morgan fingerprint density at radius 1 is 1.35 bits per heavy atom. The third kappa shape index (κ3) is 4.91. The molecule has 4 nitrogen and oxygen atoms in total. The number of hydrogen-bond donors (Lipinski definition) is 2. The topological polar surface area (TPSA) is 58.6 Å². The number of benzene rings is 1. The highest BCUT2D eigenvalue weighted by molar-refractivity contribution is 6.36. The first-order valence-electron chi connectivity index (χ1n) is 5.07. The molecule has 0 unspecified atom stereocenters. The predicted octanol–water partition coefficient (Wildman–Crippen LogP) is 1.73. The molecule has 1 aromatic carbocycles. The van der Waals surface area contributed by atoms with Crippen LogP contribution in [0.25, 0.3) is 0 Å². The molecule has 0 aliphatic heterocycles. The summed E-state index contributed by atoms with van der Waals surface area (Å²) in [5.41, 5.74) is 0.373. The van der Waals surface area contributed by atoms with Gasteiger partial charge in [-0.15, -0.1) is 0 Å². The van der Waals surface area contributed by atoms with Gasteiger partial charge in [0.1, 0.15) is 0 Å². The fourth-order valence-electron chi connectivity index (χ4n) is 1.17. The number of rotatable bonds is 6. The molecule has 0 heterocycles. The van der Waals surface area contributed by atoms with Crippen molar-refractivity contribution in [2.45, 2.75) is 0 Å². The summed E-state index contributed by atoms with van der Waals surface area (Å²) in [4.78, 5) is 11.7. The van der Waals surface area contributed by atoms with Crippen molar-refractivity contribution < 1.29 is 14.6 Å². The molecule has 0 aliphatic carbocycles. The molecule has 0 aliphatic rings. The van der Waals surface area contributed by atoms with Crippen LogP contribution >= 0.6 is 23.2 Å². The van der Waals surface area contributed by atoms with Crippen molar-refractivity contribution in [3.8, 4) is 0 Å². The number of ether oxygens (including phenoxy) is 1. The second-order valence-corrected chi connectivity index (χ2v) is 4.06. The van der Waals surface area contributed by atoms with Crippen LogP contribution in [-0.2, 0) is 4.74 Å². The van der Waals surface area contributed by atoms with Gasteiger partial charge in [-0.2, -0.15) is 0 Å². The quantitative estimate of drug-likeness (QED) is 0.779. The fraction of sp³-hybridized carbons (Fsp3) is 0.364. The van der Waals surface area contributed by atoms with Crippen LogP contribution in [0.2, 0.25) is 10.0 Å². The number of halogens is 2. The van der Waals surface area contributed by atoms with Gasteiger partial charge in [0, 0.05) is 11.6 Å². The van der Waals surface area contributed by atoms with Crippen molar-refractivity contribution in [2.24, 2.45) is 0 Å². The monoisotopic (exact) mass is 277 g/mol. The van der Waals surface area contributed by atoms with Gasteiger partial charge in [0.15, 0.2) is 0 Å². The van der Waals surface area contributed by atoms with Crippen molar-refractivity contribution in [1.82, 2.24) is 5.32 Å². The summed E-state index contributed by atoms with van der Waals surface area (Å²) in [5, 5.41) is 11.9. The zero-order chi connectivity index (χ0) is 12.7. The van der Waals surface area contributed by atoms with Crippen LogP contribution in [0.4, 0.5) is 0 Å². The van der Waals surface area contributed by atoms with Gasteiger partial charge in [-0.05, 0) is 18.2 Å². The number of aliphatic hydroxyl groups is 1. The maximum atomic E-state index is 11.7. The van der Waals surface area contributed by atoms with Gasteiger partial charge in [0.2, 0.25) is 0 Å². The van der Waals surface area contributed by atoms with E-state index >= 15 is 0 Å². The molecule has 6 heteroatoms. The average molecular weight is 278 g/mol. The highest BCUT2D eigenvalue weighted by atomic mass is 35.5. The van der Waals surface area contributed by atoms with E-state index in [1.54, 1.807) is 12.1 Å². The third-order valence-electron chi connectivity index (χ3n) is 1.94.